The van der Waals surface area contributed by atoms with Crippen molar-refractivity contribution < 1.29 is 19.4 Å². The van der Waals surface area contributed by atoms with Crippen LogP contribution in [-0.4, -0.2) is 47.7 Å². The average Bonchev–Trinajstić information content (AvgIpc) is 2.90. The lowest BCUT2D eigenvalue weighted by molar-refractivity contribution is -0.149. The molecule has 2 fully saturated rings. The Balaban J connectivity index is 1.91. The Morgan fingerprint density at radius 3 is 2.70 bits per heavy atom. The molecule has 0 aromatic carbocycles. The minimum atomic E-state index is -0.873. The van der Waals surface area contributed by atoms with Crippen LogP contribution in [0.5, 0.6) is 0 Å². The number of carboxylic acid groups (broad SMARTS) is 1. The van der Waals surface area contributed by atoms with Crippen LogP contribution in [0.1, 0.15) is 45.4 Å². The number of nitrogens with zero attached hydrogens (tertiary/aromatic N) is 1. The molecule has 1 saturated heterocycles. The second-order valence-electron chi connectivity index (χ2n) is 6.15. The van der Waals surface area contributed by atoms with Gasteiger partial charge in [0.05, 0.1) is 25.7 Å². The number of carbonyl (C=O) groups excluding carboxylic acids is 1. The van der Waals surface area contributed by atoms with Gasteiger partial charge in [0.2, 0.25) is 5.91 Å². The van der Waals surface area contributed by atoms with E-state index >= 15 is 0 Å². The quantitative estimate of drug-likeness (QED) is 0.837. The van der Waals surface area contributed by atoms with Crippen molar-refractivity contribution in [3.05, 3.63) is 0 Å². The highest BCUT2D eigenvalue weighted by molar-refractivity contribution is 5.79. The molecule has 0 aromatic rings. The monoisotopic (exact) mass is 283 g/mol. The van der Waals surface area contributed by atoms with E-state index in [2.05, 4.69) is 0 Å². The Bertz CT molecular complexity index is 352. The zero-order valence-corrected chi connectivity index (χ0v) is 12.2. The van der Waals surface area contributed by atoms with Crippen molar-refractivity contribution in [3.63, 3.8) is 0 Å². The third-order valence-corrected chi connectivity index (χ3v) is 4.50. The molecule has 20 heavy (non-hydrogen) atoms. The van der Waals surface area contributed by atoms with Gasteiger partial charge in [-0.2, -0.15) is 0 Å². The summed E-state index contributed by atoms with van der Waals surface area (Å²) in [6.45, 7) is 3.35. The van der Waals surface area contributed by atoms with Crippen LogP contribution in [0, 0.1) is 11.8 Å². The summed E-state index contributed by atoms with van der Waals surface area (Å²) >= 11 is 0. The lowest BCUT2D eigenvalue weighted by Gasteiger charge is -2.36. The maximum atomic E-state index is 12.6. The number of morpholine rings is 1. The molecule has 0 spiro atoms. The predicted molar refractivity (Wildman–Crippen MR) is 74.3 cm³/mol. The van der Waals surface area contributed by atoms with Crippen molar-refractivity contribution >= 4 is 11.9 Å². The Kier molecular flexibility index (Phi) is 5.40. The summed E-state index contributed by atoms with van der Waals surface area (Å²) in [5.41, 5.74) is 0. The second kappa shape index (κ2) is 7.07. The number of hydrogen-bond acceptors (Lipinski definition) is 3. The topological polar surface area (TPSA) is 66.8 Å². The van der Waals surface area contributed by atoms with Gasteiger partial charge in [-0.15, -0.1) is 0 Å². The summed E-state index contributed by atoms with van der Waals surface area (Å²) in [5.74, 6) is -0.103. The van der Waals surface area contributed by atoms with Gasteiger partial charge >= 0.3 is 5.97 Å². The molecule has 2 aliphatic rings. The van der Waals surface area contributed by atoms with E-state index in [0.717, 1.165) is 6.42 Å². The summed E-state index contributed by atoms with van der Waals surface area (Å²) in [5, 5.41) is 8.94. The smallest absolute Gasteiger partial charge is 0.305 e. The second-order valence-corrected chi connectivity index (χ2v) is 6.15. The molecule has 0 aromatic heterocycles. The number of hydrogen-bond donors (Lipinski definition) is 1. The van der Waals surface area contributed by atoms with Crippen LogP contribution in [0.2, 0.25) is 0 Å². The molecular formula is C15H25NO4. The molecule has 1 N–H and O–H groups in total. The van der Waals surface area contributed by atoms with E-state index in [0.29, 0.717) is 25.7 Å². The Labute approximate surface area is 120 Å². The molecule has 1 saturated carbocycles. The molecule has 1 amide bonds. The van der Waals surface area contributed by atoms with E-state index in [4.69, 9.17) is 9.84 Å². The van der Waals surface area contributed by atoms with Gasteiger partial charge in [0.25, 0.3) is 0 Å². The summed E-state index contributed by atoms with van der Waals surface area (Å²) < 4.78 is 5.32. The first-order valence-electron chi connectivity index (χ1n) is 7.68. The molecule has 1 aliphatic heterocycles. The third kappa shape index (κ3) is 3.95. The van der Waals surface area contributed by atoms with Crippen molar-refractivity contribution in [2.75, 3.05) is 19.8 Å². The zero-order chi connectivity index (χ0) is 14.5. The van der Waals surface area contributed by atoms with E-state index in [1.165, 1.54) is 25.7 Å². The minimum absolute atomic E-state index is 0.00695. The molecule has 5 nitrogen and oxygen atoms in total. The van der Waals surface area contributed by atoms with Gasteiger partial charge in [0, 0.05) is 12.5 Å². The van der Waals surface area contributed by atoms with Crippen LogP contribution < -0.4 is 0 Å². The Morgan fingerprint density at radius 2 is 2.05 bits per heavy atom. The fourth-order valence-corrected chi connectivity index (χ4v) is 3.45. The third-order valence-electron chi connectivity index (χ3n) is 4.50. The molecule has 0 bridgehead atoms. The number of carboxylic acids is 1. The first-order chi connectivity index (χ1) is 9.58. The fourth-order valence-electron chi connectivity index (χ4n) is 3.45. The van der Waals surface area contributed by atoms with Crippen molar-refractivity contribution in [1.29, 1.82) is 0 Å². The van der Waals surface area contributed by atoms with Crippen molar-refractivity contribution in [2.45, 2.75) is 51.5 Å². The Hall–Kier alpha value is -1.10. The fraction of sp³-hybridized carbons (Fsp3) is 0.867. The number of ether oxygens (including phenoxy) is 1. The van der Waals surface area contributed by atoms with Gasteiger partial charge in [0.15, 0.2) is 0 Å². The summed E-state index contributed by atoms with van der Waals surface area (Å²) in [6.07, 6.45) is 5.95. The molecule has 5 heteroatoms. The largest absolute Gasteiger partial charge is 0.481 e. The first kappa shape index (κ1) is 15.3. The summed E-state index contributed by atoms with van der Waals surface area (Å²) in [4.78, 5) is 25.2. The van der Waals surface area contributed by atoms with Crippen molar-refractivity contribution in [2.24, 2.45) is 11.8 Å². The predicted octanol–water partition coefficient (Wildman–Crippen LogP) is 1.90. The van der Waals surface area contributed by atoms with E-state index in [1.807, 2.05) is 6.92 Å². The van der Waals surface area contributed by atoms with Crippen molar-refractivity contribution in [1.82, 2.24) is 4.90 Å². The molecule has 1 heterocycles. The van der Waals surface area contributed by atoms with Crippen LogP contribution >= 0.6 is 0 Å². The van der Waals surface area contributed by atoms with Crippen LogP contribution in [0.4, 0.5) is 0 Å². The van der Waals surface area contributed by atoms with Crippen LogP contribution in [0.3, 0.4) is 0 Å². The molecule has 2 rings (SSSR count). The number of carbonyl (C=O) groups is 2. The first-order valence-corrected chi connectivity index (χ1v) is 7.68. The normalized spacial score (nSPS) is 25.6. The maximum Gasteiger partial charge on any atom is 0.305 e. The van der Waals surface area contributed by atoms with Crippen LogP contribution in [-0.2, 0) is 14.3 Å². The highest BCUT2D eigenvalue weighted by Crippen LogP contribution is 2.31. The van der Waals surface area contributed by atoms with E-state index < -0.39 is 5.97 Å². The molecule has 1 aliphatic carbocycles. The zero-order valence-electron chi connectivity index (χ0n) is 12.2. The molecular weight excluding hydrogens is 258 g/mol. The highest BCUT2D eigenvalue weighted by Gasteiger charge is 2.32. The van der Waals surface area contributed by atoms with Gasteiger partial charge in [-0.1, -0.05) is 32.6 Å². The van der Waals surface area contributed by atoms with E-state index in [1.54, 1.807) is 4.90 Å². The molecule has 0 radical (unpaired) electrons. The van der Waals surface area contributed by atoms with E-state index in [-0.39, 0.29) is 24.3 Å². The van der Waals surface area contributed by atoms with Crippen molar-refractivity contribution in [3.8, 4) is 0 Å². The van der Waals surface area contributed by atoms with Gasteiger partial charge in [-0.25, -0.2) is 0 Å². The molecule has 2 atom stereocenters. The molecule has 2 unspecified atom stereocenters. The van der Waals surface area contributed by atoms with Gasteiger partial charge in [0.1, 0.15) is 0 Å². The highest BCUT2D eigenvalue weighted by atomic mass is 16.5. The maximum absolute atomic E-state index is 12.6. The molecule has 114 valence electrons. The van der Waals surface area contributed by atoms with Gasteiger partial charge < -0.3 is 14.7 Å². The Morgan fingerprint density at radius 1 is 1.35 bits per heavy atom. The summed E-state index contributed by atoms with van der Waals surface area (Å²) in [7, 11) is 0. The summed E-state index contributed by atoms with van der Waals surface area (Å²) in [6, 6.07) is -0.306. The number of aliphatic carboxylic acids is 1. The minimum Gasteiger partial charge on any atom is -0.481 e. The van der Waals surface area contributed by atoms with Gasteiger partial charge in [-0.05, 0) is 12.3 Å². The lowest BCUT2D eigenvalue weighted by atomic mass is 9.93. The van der Waals surface area contributed by atoms with E-state index in [9.17, 15) is 9.59 Å². The lowest BCUT2D eigenvalue weighted by Crippen LogP contribution is -2.51. The van der Waals surface area contributed by atoms with Crippen LogP contribution in [0.25, 0.3) is 0 Å². The average molecular weight is 283 g/mol. The number of amides is 1. The van der Waals surface area contributed by atoms with Crippen LogP contribution in [0.15, 0.2) is 0 Å². The standard InChI is InChI=1S/C15H25NO4/c1-11(8-12-4-2-3-5-12)15(19)16-6-7-20-10-13(16)9-14(17)18/h11-13H,2-10H2,1H3,(H,17,18). The SMILES string of the molecule is CC(CC1CCCC1)C(=O)N1CCOCC1CC(=O)O. The van der Waals surface area contributed by atoms with Gasteiger partial charge in [-0.3, -0.25) is 9.59 Å². The number of rotatable bonds is 5.